The molecule has 0 atom stereocenters. The van der Waals surface area contributed by atoms with Crippen LogP contribution in [0.3, 0.4) is 0 Å². The zero-order chi connectivity index (χ0) is 17.7. The molecule has 0 unspecified atom stereocenters. The maximum absolute atomic E-state index is 12.4. The number of sulfonamides is 1. The smallest absolute Gasteiger partial charge is 0.240 e. The van der Waals surface area contributed by atoms with Crippen LogP contribution in [-0.2, 0) is 16.6 Å². The Morgan fingerprint density at radius 2 is 1.62 bits per heavy atom. The normalized spacial score (nSPS) is 11.2. The van der Waals surface area contributed by atoms with Crippen LogP contribution in [0.5, 0.6) is 17.2 Å². The van der Waals surface area contributed by atoms with E-state index in [9.17, 15) is 8.42 Å². The maximum Gasteiger partial charge on any atom is 0.240 e. The average molecular weight is 416 g/mol. The molecule has 0 radical (unpaired) electrons. The molecule has 0 spiro atoms. The lowest BCUT2D eigenvalue weighted by molar-refractivity contribution is 0.323. The molecular weight excluding hydrogens is 398 g/mol. The molecule has 2 rings (SSSR count). The summed E-state index contributed by atoms with van der Waals surface area (Å²) in [6, 6.07) is 9.89. The van der Waals surface area contributed by atoms with Gasteiger partial charge in [0.1, 0.15) is 0 Å². The predicted molar refractivity (Wildman–Crippen MR) is 94.3 cm³/mol. The third-order valence-corrected chi connectivity index (χ3v) is 5.19. The van der Waals surface area contributed by atoms with Gasteiger partial charge in [0.05, 0.1) is 26.2 Å². The highest BCUT2D eigenvalue weighted by Gasteiger charge is 2.17. The van der Waals surface area contributed by atoms with Gasteiger partial charge >= 0.3 is 0 Å². The van der Waals surface area contributed by atoms with Gasteiger partial charge in [-0.15, -0.1) is 0 Å². The van der Waals surface area contributed by atoms with Crippen molar-refractivity contribution in [3.63, 3.8) is 0 Å². The number of halogens is 1. The Morgan fingerprint density at radius 3 is 2.12 bits per heavy atom. The maximum atomic E-state index is 12.4. The van der Waals surface area contributed by atoms with Gasteiger partial charge in [-0.25, -0.2) is 13.1 Å². The fraction of sp³-hybridized carbons (Fsp3) is 0.250. The van der Waals surface area contributed by atoms with Crippen molar-refractivity contribution in [2.75, 3.05) is 21.3 Å². The van der Waals surface area contributed by atoms with Gasteiger partial charge in [0.15, 0.2) is 11.5 Å². The van der Waals surface area contributed by atoms with Gasteiger partial charge in [0.2, 0.25) is 15.8 Å². The second-order valence-electron chi connectivity index (χ2n) is 4.82. The number of hydrogen-bond donors (Lipinski definition) is 1. The van der Waals surface area contributed by atoms with Crippen LogP contribution in [-0.4, -0.2) is 29.7 Å². The molecule has 0 bridgehead atoms. The van der Waals surface area contributed by atoms with Gasteiger partial charge in [-0.05, 0) is 35.9 Å². The lowest BCUT2D eigenvalue weighted by Gasteiger charge is -2.14. The van der Waals surface area contributed by atoms with Crippen molar-refractivity contribution in [3.05, 3.63) is 46.4 Å². The third kappa shape index (κ3) is 4.19. The second kappa shape index (κ2) is 7.87. The topological polar surface area (TPSA) is 73.9 Å². The van der Waals surface area contributed by atoms with Crippen LogP contribution in [0.1, 0.15) is 5.56 Å². The van der Waals surface area contributed by atoms with E-state index in [1.165, 1.54) is 33.5 Å². The molecule has 130 valence electrons. The summed E-state index contributed by atoms with van der Waals surface area (Å²) < 4.78 is 43.8. The molecule has 0 heterocycles. The number of rotatable bonds is 7. The Hall–Kier alpha value is -1.77. The number of methoxy groups -OCH3 is 3. The van der Waals surface area contributed by atoms with E-state index >= 15 is 0 Å². The molecule has 0 saturated heterocycles. The Kier molecular flexibility index (Phi) is 6.09. The molecular formula is C16H18BrNO5S. The first-order valence-electron chi connectivity index (χ1n) is 6.95. The van der Waals surface area contributed by atoms with E-state index in [0.717, 1.165) is 0 Å². The van der Waals surface area contributed by atoms with E-state index in [1.807, 2.05) is 0 Å². The molecule has 0 aromatic heterocycles. The Balaban J connectivity index is 2.25. The summed E-state index contributed by atoms with van der Waals surface area (Å²) in [4.78, 5) is 0.185. The Bertz CT molecular complexity index is 798. The summed E-state index contributed by atoms with van der Waals surface area (Å²) >= 11 is 3.27. The van der Waals surface area contributed by atoms with Gasteiger partial charge in [-0.1, -0.05) is 22.0 Å². The molecule has 24 heavy (non-hydrogen) atoms. The number of ether oxygens (including phenoxy) is 3. The first-order valence-corrected chi connectivity index (χ1v) is 9.23. The van der Waals surface area contributed by atoms with Crippen molar-refractivity contribution >= 4 is 26.0 Å². The lowest BCUT2D eigenvalue weighted by atomic mass is 10.2. The number of benzene rings is 2. The minimum absolute atomic E-state index is 0.0889. The minimum Gasteiger partial charge on any atom is -0.493 e. The van der Waals surface area contributed by atoms with E-state index in [4.69, 9.17) is 14.2 Å². The predicted octanol–water partition coefficient (Wildman–Crippen LogP) is 2.95. The van der Waals surface area contributed by atoms with E-state index < -0.39 is 10.0 Å². The first kappa shape index (κ1) is 18.6. The molecule has 0 amide bonds. The van der Waals surface area contributed by atoms with Crippen LogP contribution in [0.25, 0.3) is 0 Å². The Morgan fingerprint density at radius 1 is 1.00 bits per heavy atom. The van der Waals surface area contributed by atoms with Crippen molar-refractivity contribution in [1.82, 2.24) is 4.72 Å². The molecule has 0 saturated carbocycles. The molecule has 0 aliphatic rings. The monoisotopic (exact) mass is 415 g/mol. The van der Waals surface area contributed by atoms with Crippen molar-refractivity contribution in [3.8, 4) is 17.2 Å². The van der Waals surface area contributed by atoms with Crippen LogP contribution in [0.15, 0.2) is 45.8 Å². The van der Waals surface area contributed by atoms with Gasteiger partial charge < -0.3 is 14.2 Å². The van der Waals surface area contributed by atoms with Crippen LogP contribution in [0.4, 0.5) is 0 Å². The fourth-order valence-electron chi connectivity index (χ4n) is 2.13. The molecule has 0 aliphatic carbocycles. The highest BCUT2D eigenvalue weighted by Crippen LogP contribution is 2.38. The van der Waals surface area contributed by atoms with Crippen molar-refractivity contribution in [1.29, 1.82) is 0 Å². The highest BCUT2D eigenvalue weighted by atomic mass is 79.9. The van der Waals surface area contributed by atoms with Gasteiger partial charge in [0, 0.05) is 11.0 Å². The SMILES string of the molecule is COc1cc(CNS(=O)(=O)c2cccc(Br)c2)cc(OC)c1OC. The zero-order valence-electron chi connectivity index (χ0n) is 13.5. The van der Waals surface area contributed by atoms with E-state index in [-0.39, 0.29) is 11.4 Å². The molecule has 2 aromatic carbocycles. The van der Waals surface area contributed by atoms with Crippen LogP contribution in [0.2, 0.25) is 0 Å². The number of hydrogen-bond acceptors (Lipinski definition) is 5. The third-order valence-electron chi connectivity index (χ3n) is 3.30. The van der Waals surface area contributed by atoms with E-state index in [1.54, 1.807) is 24.3 Å². The summed E-state index contributed by atoms with van der Waals surface area (Å²) in [5.41, 5.74) is 0.683. The van der Waals surface area contributed by atoms with Gasteiger partial charge in [-0.3, -0.25) is 0 Å². The highest BCUT2D eigenvalue weighted by molar-refractivity contribution is 9.10. The van der Waals surface area contributed by atoms with E-state index in [2.05, 4.69) is 20.7 Å². The molecule has 1 N–H and O–H groups in total. The van der Waals surface area contributed by atoms with Gasteiger partial charge in [0.25, 0.3) is 0 Å². The first-order chi connectivity index (χ1) is 11.4. The number of nitrogens with one attached hydrogen (secondary N) is 1. The van der Waals surface area contributed by atoms with Crippen molar-refractivity contribution < 1.29 is 22.6 Å². The molecule has 8 heteroatoms. The molecule has 0 aliphatic heterocycles. The Labute approximate surface area is 149 Å². The summed E-state index contributed by atoms with van der Waals surface area (Å²) in [7, 11) is 0.895. The minimum atomic E-state index is -3.63. The van der Waals surface area contributed by atoms with Crippen molar-refractivity contribution in [2.45, 2.75) is 11.4 Å². The molecule has 0 fully saturated rings. The summed E-state index contributed by atoms with van der Waals surface area (Å²) in [5.74, 6) is 1.39. The molecule has 2 aromatic rings. The van der Waals surface area contributed by atoms with Crippen LogP contribution < -0.4 is 18.9 Å². The quantitative estimate of drug-likeness (QED) is 0.752. The summed E-state index contributed by atoms with van der Waals surface area (Å²) in [6.45, 7) is 0.0889. The van der Waals surface area contributed by atoms with Gasteiger partial charge in [-0.2, -0.15) is 0 Å². The lowest BCUT2D eigenvalue weighted by Crippen LogP contribution is -2.23. The van der Waals surface area contributed by atoms with Crippen LogP contribution in [0, 0.1) is 0 Å². The standard InChI is InChI=1S/C16H18BrNO5S/c1-21-14-7-11(8-15(22-2)16(14)23-3)10-18-24(19,20)13-6-4-5-12(17)9-13/h4-9,18H,10H2,1-3H3. The van der Waals surface area contributed by atoms with E-state index in [0.29, 0.717) is 27.3 Å². The summed E-state index contributed by atoms with van der Waals surface area (Å²) in [5, 5.41) is 0. The van der Waals surface area contributed by atoms with Crippen LogP contribution >= 0.6 is 15.9 Å². The second-order valence-corrected chi connectivity index (χ2v) is 7.50. The average Bonchev–Trinajstić information content (AvgIpc) is 2.59. The zero-order valence-corrected chi connectivity index (χ0v) is 15.9. The fourth-order valence-corrected chi connectivity index (χ4v) is 3.75. The molecule has 6 nitrogen and oxygen atoms in total. The summed E-state index contributed by atoms with van der Waals surface area (Å²) in [6.07, 6.45) is 0. The largest absolute Gasteiger partial charge is 0.493 e. The van der Waals surface area contributed by atoms with Crippen molar-refractivity contribution in [2.24, 2.45) is 0 Å².